The predicted molar refractivity (Wildman–Crippen MR) is 63.3 cm³/mol. The van der Waals surface area contributed by atoms with Gasteiger partial charge in [-0.15, -0.1) is 0 Å². The van der Waals surface area contributed by atoms with E-state index in [0.29, 0.717) is 12.1 Å². The molecule has 0 saturated heterocycles. The normalized spacial score (nSPS) is 11.7. The molecule has 0 fully saturated rings. The summed E-state index contributed by atoms with van der Waals surface area (Å²) in [5.41, 5.74) is 1.54. The minimum Gasteiger partial charge on any atom is -0.515 e. The summed E-state index contributed by atoms with van der Waals surface area (Å²) in [6.07, 6.45) is 0.704. The third kappa shape index (κ3) is 2.13. The number of aromatic nitrogens is 2. The number of esters is 1. The number of fused-ring (bicyclic) bond motifs is 1. The maximum absolute atomic E-state index is 11.5. The van der Waals surface area contributed by atoms with Crippen LogP contribution in [0, 0.1) is 0 Å². The van der Waals surface area contributed by atoms with E-state index in [2.05, 4.69) is 9.97 Å². The first kappa shape index (κ1) is 11.2. The lowest BCUT2D eigenvalue weighted by Gasteiger charge is -2.01. The van der Waals surface area contributed by atoms with Gasteiger partial charge in [0.05, 0.1) is 23.9 Å². The van der Waals surface area contributed by atoms with Gasteiger partial charge in [-0.2, -0.15) is 0 Å². The van der Waals surface area contributed by atoms with Gasteiger partial charge in [0.25, 0.3) is 0 Å². The number of rotatable bonds is 3. The Hall–Kier alpha value is -2.30. The lowest BCUT2D eigenvalue weighted by Crippen LogP contribution is -2.08. The Kier molecular flexibility index (Phi) is 3.09. The fourth-order valence-electron chi connectivity index (χ4n) is 1.50. The summed E-state index contributed by atoms with van der Waals surface area (Å²) >= 11 is 0. The number of carbonyl (C=O) groups excluding carboxylic acids is 1. The highest BCUT2D eigenvalue weighted by Gasteiger charge is 2.17. The SMILES string of the molecule is CCOC(=O)/C(=C\O)c1nc2ccccc2[nH]1. The van der Waals surface area contributed by atoms with Crippen LogP contribution < -0.4 is 0 Å². The Morgan fingerprint density at radius 2 is 2.29 bits per heavy atom. The molecule has 5 nitrogen and oxygen atoms in total. The molecule has 1 heterocycles. The number of carbonyl (C=O) groups is 1. The van der Waals surface area contributed by atoms with Crippen molar-refractivity contribution in [3.05, 3.63) is 36.4 Å². The number of hydrogen-bond donors (Lipinski definition) is 2. The molecule has 0 aliphatic carbocycles. The van der Waals surface area contributed by atoms with Crippen LogP contribution in [0.15, 0.2) is 30.5 Å². The molecule has 0 aliphatic rings. The van der Waals surface area contributed by atoms with Crippen LogP contribution in [0.2, 0.25) is 0 Å². The molecule has 0 atom stereocenters. The Bertz CT molecular complexity index is 539. The van der Waals surface area contributed by atoms with Crippen LogP contribution in [0.5, 0.6) is 0 Å². The summed E-state index contributed by atoms with van der Waals surface area (Å²) in [6, 6.07) is 7.36. The van der Waals surface area contributed by atoms with Crippen molar-refractivity contribution in [2.75, 3.05) is 6.61 Å². The molecule has 5 heteroatoms. The molecule has 17 heavy (non-hydrogen) atoms. The number of benzene rings is 1. The zero-order chi connectivity index (χ0) is 12.3. The first-order chi connectivity index (χ1) is 8.26. The number of nitrogens with zero attached hydrogens (tertiary/aromatic N) is 1. The number of hydrogen-bond acceptors (Lipinski definition) is 4. The second-order valence-corrected chi connectivity index (χ2v) is 3.37. The van der Waals surface area contributed by atoms with Crippen molar-refractivity contribution in [2.24, 2.45) is 0 Å². The average molecular weight is 232 g/mol. The number of aliphatic hydroxyl groups excluding tert-OH is 1. The molecule has 0 radical (unpaired) electrons. The fourth-order valence-corrected chi connectivity index (χ4v) is 1.50. The molecule has 0 unspecified atom stereocenters. The van der Waals surface area contributed by atoms with Gasteiger partial charge in [0, 0.05) is 0 Å². The summed E-state index contributed by atoms with van der Waals surface area (Å²) in [6.45, 7) is 1.95. The van der Waals surface area contributed by atoms with Gasteiger partial charge in [0.1, 0.15) is 11.4 Å². The second-order valence-electron chi connectivity index (χ2n) is 3.37. The van der Waals surface area contributed by atoms with E-state index in [1.54, 1.807) is 6.92 Å². The van der Waals surface area contributed by atoms with E-state index in [4.69, 9.17) is 9.84 Å². The number of ether oxygens (including phenoxy) is 1. The van der Waals surface area contributed by atoms with Gasteiger partial charge < -0.3 is 14.8 Å². The summed E-state index contributed by atoms with van der Waals surface area (Å²) in [4.78, 5) is 18.7. The van der Waals surface area contributed by atoms with Gasteiger partial charge in [-0.3, -0.25) is 0 Å². The van der Waals surface area contributed by atoms with Crippen LogP contribution in [0.25, 0.3) is 16.6 Å². The van der Waals surface area contributed by atoms with Gasteiger partial charge >= 0.3 is 5.97 Å². The van der Waals surface area contributed by atoms with E-state index in [1.807, 2.05) is 24.3 Å². The predicted octanol–water partition coefficient (Wildman–Crippen LogP) is 2.02. The molecule has 2 aromatic rings. The van der Waals surface area contributed by atoms with Crippen LogP contribution in [0.3, 0.4) is 0 Å². The van der Waals surface area contributed by atoms with Crippen LogP contribution in [0.4, 0.5) is 0 Å². The van der Waals surface area contributed by atoms with Gasteiger partial charge in [-0.05, 0) is 19.1 Å². The van der Waals surface area contributed by atoms with Crippen molar-refractivity contribution in [1.82, 2.24) is 9.97 Å². The van der Waals surface area contributed by atoms with E-state index in [1.165, 1.54) is 0 Å². The Morgan fingerprint density at radius 3 is 2.94 bits per heavy atom. The molecular weight excluding hydrogens is 220 g/mol. The average Bonchev–Trinajstić information content (AvgIpc) is 2.73. The number of aromatic amines is 1. The Morgan fingerprint density at radius 1 is 1.53 bits per heavy atom. The van der Waals surface area contributed by atoms with Crippen LogP contribution in [-0.4, -0.2) is 27.7 Å². The smallest absolute Gasteiger partial charge is 0.345 e. The largest absolute Gasteiger partial charge is 0.515 e. The lowest BCUT2D eigenvalue weighted by molar-refractivity contribution is -0.136. The van der Waals surface area contributed by atoms with Crippen molar-refractivity contribution in [2.45, 2.75) is 6.92 Å². The van der Waals surface area contributed by atoms with Crippen molar-refractivity contribution in [3.63, 3.8) is 0 Å². The van der Waals surface area contributed by atoms with Gasteiger partial charge in [0.15, 0.2) is 0 Å². The van der Waals surface area contributed by atoms with Crippen LogP contribution in [-0.2, 0) is 9.53 Å². The number of aliphatic hydroxyl groups is 1. The van der Waals surface area contributed by atoms with E-state index >= 15 is 0 Å². The molecule has 88 valence electrons. The number of para-hydroxylation sites is 2. The number of H-pyrrole nitrogens is 1. The zero-order valence-corrected chi connectivity index (χ0v) is 9.30. The number of imidazole rings is 1. The minimum atomic E-state index is -0.603. The standard InChI is InChI=1S/C12H12N2O3/c1-2-17-12(16)8(7-15)11-13-9-5-3-4-6-10(9)14-11/h3-7,15H,2H2,1H3,(H,13,14)/b8-7-. The third-order valence-corrected chi connectivity index (χ3v) is 2.27. The van der Waals surface area contributed by atoms with E-state index in [0.717, 1.165) is 11.0 Å². The Balaban J connectivity index is 2.41. The van der Waals surface area contributed by atoms with Crippen molar-refractivity contribution < 1.29 is 14.6 Å². The molecule has 0 spiro atoms. The summed E-state index contributed by atoms with van der Waals surface area (Å²) < 4.78 is 4.82. The van der Waals surface area contributed by atoms with Gasteiger partial charge in [-0.25, -0.2) is 9.78 Å². The summed E-state index contributed by atoms with van der Waals surface area (Å²) in [5.74, 6) is -0.304. The van der Waals surface area contributed by atoms with E-state index in [9.17, 15) is 4.79 Å². The molecule has 1 aromatic heterocycles. The fraction of sp³-hybridized carbons (Fsp3) is 0.167. The third-order valence-electron chi connectivity index (χ3n) is 2.27. The maximum Gasteiger partial charge on any atom is 0.345 e. The van der Waals surface area contributed by atoms with Crippen molar-refractivity contribution in [3.8, 4) is 0 Å². The molecule has 1 aromatic carbocycles. The minimum absolute atomic E-state index is 0.0167. The number of nitrogens with one attached hydrogen (secondary N) is 1. The second kappa shape index (κ2) is 4.69. The quantitative estimate of drug-likeness (QED) is 0.482. The molecule has 2 N–H and O–H groups in total. The first-order valence-electron chi connectivity index (χ1n) is 5.23. The lowest BCUT2D eigenvalue weighted by atomic mass is 10.3. The molecule has 0 amide bonds. The molecule has 0 bridgehead atoms. The Labute approximate surface area is 97.7 Å². The highest BCUT2D eigenvalue weighted by atomic mass is 16.5. The molecular formula is C12H12N2O3. The highest BCUT2D eigenvalue weighted by molar-refractivity contribution is 6.15. The van der Waals surface area contributed by atoms with Crippen molar-refractivity contribution in [1.29, 1.82) is 0 Å². The molecule has 0 aliphatic heterocycles. The van der Waals surface area contributed by atoms with Crippen LogP contribution in [0.1, 0.15) is 12.7 Å². The van der Waals surface area contributed by atoms with E-state index < -0.39 is 5.97 Å². The summed E-state index contributed by atoms with van der Waals surface area (Å²) in [7, 11) is 0. The topological polar surface area (TPSA) is 75.2 Å². The van der Waals surface area contributed by atoms with Crippen LogP contribution >= 0.6 is 0 Å². The van der Waals surface area contributed by atoms with Gasteiger partial charge in [-0.1, -0.05) is 12.1 Å². The monoisotopic (exact) mass is 232 g/mol. The highest BCUT2D eigenvalue weighted by Crippen LogP contribution is 2.17. The summed E-state index contributed by atoms with van der Waals surface area (Å²) in [5, 5.41) is 9.08. The zero-order valence-electron chi connectivity index (χ0n) is 9.30. The molecule has 0 saturated carbocycles. The first-order valence-corrected chi connectivity index (χ1v) is 5.23. The van der Waals surface area contributed by atoms with Gasteiger partial charge in [0.2, 0.25) is 0 Å². The van der Waals surface area contributed by atoms with Crippen molar-refractivity contribution >= 4 is 22.6 Å². The maximum atomic E-state index is 11.5. The molecule has 2 rings (SSSR count). The van der Waals surface area contributed by atoms with E-state index in [-0.39, 0.29) is 12.2 Å².